The van der Waals surface area contributed by atoms with Crippen LogP contribution in [-0.2, 0) is 17.8 Å². The minimum atomic E-state index is -0.0167. The van der Waals surface area contributed by atoms with E-state index in [2.05, 4.69) is 21.3 Å². The molecule has 0 saturated carbocycles. The number of carbonyl (C=O) groups is 2. The average molecular weight is 441 g/mol. The second-order valence-corrected chi connectivity index (χ2v) is 8.81. The molecule has 0 bridgehead atoms. The lowest BCUT2D eigenvalue weighted by Gasteiger charge is -2.29. The van der Waals surface area contributed by atoms with Gasteiger partial charge >= 0.3 is 0 Å². The predicted molar refractivity (Wildman–Crippen MR) is 128 cm³/mol. The van der Waals surface area contributed by atoms with Crippen LogP contribution in [0.25, 0.3) is 0 Å². The van der Waals surface area contributed by atoms with Crippen molar-refractivity contribution in [2.24, 2.45) is 0 Å². The maximum absolute atomic E-state index is 13.4. The lowest BCUT2D eigenvalue weighted by atomic mass is 10.1. The van der Waals surface area contributed by atoms with Gasteiger partial charge in [-0.25, -0.2) is 0 Å². The third-order valence-electron chi connectivity index (χ3n) is 6.70. The molecule has 0 aliphatic carbocycles. The van der Waals surface area contributed by atoms with Gasteiger partial charge in [0.05, 0.1) is 12.0 Å². The van der Waals surface area contributed by atoms with Crippen molar-refractivity contribution in [2.75, 3.05) is 18.0 Å². The Kier molecular flexibility index (Phi) is 6.17. The van der Waals surface area contributed by atoms with E-state index in [1.807, 2.05) is 59.5 Å². The van der Waals surface area contributed by atoms with Crippen molar-refractivity contribution in [1.82, 2.24) is 15.2 Å². The molecule has 2 aromatic carbocycles. The number of amides is 2. The van der Waals surface area contributed by atoms with Gasteiger partial charge in [-0.1, -0.05) is 48.5 Å². The number of para-hydroxylation sites is 1. The van der Waals surface area contributed by atoms with Crippen LogP contribution in [0.3, 0.4) is 0 Å². The molecule has 2 aliphatic heterocycles. The lowest BCUT2D eigenvalue weighted by molar-refractivity contribution is -0.120. The van der Waals surface area contributed by atoms with Gasteiger partial charge in [0.15, 0.2) is 0 Å². The van der Waals surface area contributed by atoms with Crippen LogP contribution in [0.5, 0.6) is 0 Å². The van der Waals surface area contributed by atoms with Crippen molar-refractivity contribution in [2.45, 2.75) is 37.9 Å². The van der Waals surface area contributed by atoms with Gasteiger partial charge in [0.25, 0.3) is 5.91 Å². The number of fused-ring (bicyclic) bond motifs is 2. The number of rotatable bonds is 5. The van der Waals surface area contributed by atoms with Crippen LogP contribution in [0.15, 0.2) is 79.1 Å². The molecule has 6 nitrogen and oxygen atoms in total. The van der Waals surface area contributed by atoms with Gasteiger partial charge in [-0.05, 0) is 42.2 Å². The van der Waals surface area contributed by atoms with Crippen LogP contribution >= 0.6 is 0 Å². The van der Waals surface area contributed by atoms with E-state index in [1.54, 1.807) is 18.5 Å². The molecule has 3 heterocycles. The van der Waals surface area contributed by atoms with E-state index in [1.165, 1.54) is 0 Å². The summed E-state index contributed by atoms with van der Waals surface area (Å²) in [6, 6.07) is 22.1. The fraction of sp³-hybridized carbons (Fsp3) is 0.296. The summed E-state index contributed by atoms with van der Waals surface area (Å²) in [5.74, 6) is 0.0327. The van der Waals surface area contributed by atoms with Gasteiger partial charge in [-0.3, -0.25) is 19.5 Å². The Morgan fingerprint density at radius 2 is 1.79 bits per heavy atom. The van der Waals surface area contributed by atoms with Crippen molar-refractivity contribution in [3.05, 3.63) is 95.8 Å². The van der Waals surface area contributed by atoms with Crippen LogP contribution in [0.1, 0.15) is 34.3 Å². The summed E-state index contributed by atoms with van der Waals surface area (Å²) >= 11 is 0. The third-order valence-corrected chi connectivity index (χ3v) is 6.70. The molecule has 1 aromatic heterocycles. The standard InChI is InChI=1S/C27H28N4O2/c32-26(15-20-7-2-1-3-8-20)29-17-23-12-13-24-19-31(27(33)21-10-6-14-28-16-21)25-11-5-4-9-22(25)18-30(23)24/h1-11,14,16,23-24H,12-13,15,17-19H2,(H,29,32)/t23-,24+/m1/s1. The van der Waals surface area contributed by atoms with Crippen LogP contribution < -0.4 is 10.2 Å². The van der Waals surface area contributed by atoms with Gasteiger partial charge in [-0.2, -0.15) is 0 Å². The number of pyridine rings is 1. The summed E-state index contributed by atoms with van der Waals surface area (Å²) in [6.45, 7) is 2.04. The number of aromatic nitrogens is 1. The van der Waals surface area contributed by atoms with E-state index in [0.717, 1.165) is 36.2 Å². The second-order valence-electron chi connectivity index (χ2n) is 8.81. The number of anilines is 1. The molecule has 1 saturated heterocycles. The van der Waals surface area contributed by atoms with Gasteiger partial charge in [0.1, 0.15) is 0 Å². The zero-order valence-corrected chi connectivity index (χ0v) is 18.6. The molecule has 0 unspecified atom stereocenters. The molecule has 3 aromatic rings. The highest BCUT2D eigenvalue weighted by Gasteiger charge is 2.39. The maximum Gasteiger partial charge on any atom is 0.259 e. The topological polar surface area (TPSA) is 65.5 Å². The van der Waals surface area contributed by atoms with Crippen molar-refractivity contribution < 1.29 is 9.59 Å². The number of carbonyl (C=O) groups excluding carboxylic acids is 2. The maximum atomic E-state index is 13.4. The van der Waals surface area contributed by atoms with E-state index >= 15 is 0 Å². The molecule has 6 heteroatoms. The number of nitrogens with zero attached hydrogens (tertiary/aromatic N) is 3. The fourth-order valence-electron chi connectivity index (χ4n) is 5.01. The first-order valence-corrected chi connectivity index (χ1v) is 11.5. The van der Waals surface area contributed by atoms with Crippen molar-refractivity contribution in [3.63, 3.8) is 0 Å². The van der Waals surface area contributed by atoms with Crippen LogP contribution in [-0.4, -0.2) is 46.9 Å². The Morgan fingerprint density at radius 3 is 2.61 bits per heavy atom. The molecular weight excluding hydrogens is 412 g/mol. The van der Waals surface area contributed by atoms with Crippen molar-refractivity contribution >= 4 is 17.5 Å². The van der Waals surface area contributed by atoms with Crippen LogP contribution in [0.2, 0.25) is 0 Å². The molecule has 0 spiro atoms. The summed E-state index contributed by atoms with van der Waals surface area (Å²) in [5, 5.41) is 3.14. The lowest BCUT2D eigenvalue weighted by Crippen LogP contribution is -2.46. The number of benzene rings is 2. The van der Waals surface area contributed by atoms with Gasteiger partial charge < -0.3 is 10.2 Å². The van der Waals surface area contributed by atoms with E-state index in [-0.39, 0.29) is 23.9 Å². The molecule has 2 aliphatic rings. The Bertz CT molecular complexity index is 1120. The molecule has 1 fully saturated rings. The molecule has 5 rings (SSSR count). The fourth-order valence-corrected chi connectivity index (χ4v) is 5.01. The summed E-state index contributed by atoms with van der Waals surface area (Å²) in [6.07, 6.45) is 5.72. The molecule has 0 radical (unpaired) electrons. The molecule has 2 amide bonds. The van der Waals surface area contributed by atoms with Crippen LogP contribution in [0.4, 0.5) is 5.69 Å². The third kappa shape index (κ3) is 4.66. The number of hydrogen-bond acceptors (Lipinski definition) is 4. The van der Waals surface area contributed by atoms with Gasteiger partial charge in [0, 0.05) is 49.8 Å². The van der Waals surface area contributed by atoms with Crippen LogP contribution in [0, 0.1) is 0 Å². The Hall–Kier alpha value is -3.51. The summed E-state index contributed by atoms with van der Waals surface area (Å²) in [4.78, 5) is 34.4. The summed E-state index contributed by atoms with van der Waals surface area (Å²) in [7, 11) is 0. The zero-order valence-electron chi connectivity index (χ0n) is 18.6. The number of nitrogens with one attached hydrogen (secondary N) is 1. The average Bonchev–Trinajstić information content (AvgIpc) is 3.15. The van der Waals surface area contributed by atoms with Gasteiger partial charge in [-0.15, -0.1) is 0 Å². The first kappa shape index (κ1) is 21.3. The smallest absolute Gasteiger partial charge is 0.259 e. The number of hydrogen-bond donors (Lipinski definition) is 1. The first-order chi connectivity index (χ1) is 16.2. The molecule has 2 atom stereocenters. The van der Waals surface area contributed by atoms with Crippen molar-refractivity contribution in [3.8, 4) is 0 Å². The summed E-state index contributed by atoms with van der Waals surface area (Å²) < 4.78 is 0. The zero-order chi connectivity index (χ0) is 22.6. The Labute approximate surface area is 194 Å². The molecular formula is C27H28N4O2. The quantitative estimate of drug-likeness (QED) is 0.660. The van der Waals surface area contributed by atoms with E-state index in [9.17, 15) is 9.59 Å². The highest BCUT2D eigenvalue weighted by molar-refractivity contribution is 6.06. The largest absolute Gasteiger partial charge is 0.354 e. The minimum absolute atomic E-state index is 0.0167. The van der Waals surface area contributed by atoms with E-state index in [4.69, 9.17) is 0 Å². The SMILES string of the molecule is O=C(Cc1ccccc1)NC[C@H]1CC[C@H]2CN(C(=O)c3cccnc3)c3ccccc3CN12. The second kappa shape index (κ2) is 9.55. The Balaban J connectivity index is 1.31. The van der Waals surface area contributed by atoms with Crippen molar-refractivity contribution in [1.29, 1.82) is 0 Å². The molecule has 1 N–H and O–H groups in total. The first-order valence-electron chi connectivity index (χ1n) is 11.5. The minimum Gasteiger partial charge on any atom is -0.354 e. The monoisotopic (exact) mass is 440 g/mol. The molecule has 33 heavy (non-hydrogen) atoms. The Morgan fingerprint density at radius 1 is 0.970 bits per heavy atom. The highest BCUT2D eigenvalue weighted by Crippen LogP contribution is 2.35. The highest BCUT2D eigenvalue weighted by atomic mass is 16.2. The van der Waals surface area contributed by atoms with E-state index < -0.39 is 0 Å². The van der Waals surface area contributed by atoms with Gasteiger partial charge in [0.2, 0.25) is 5.91 Å². The normalized spacial score (nSPS) is 19.9. The summed E-state index contributed by atoms with van der Waals surface area (Å²) in [5.41, 5.74) is 3.73. The molecule has 168 valence electrons. The predicted octanol–water partition coefficient (Wildman–Crippen LogP) is 3.43. The van der Waals surface area contributed by atoms with E-state index in [0.29, 0.717) is 25.1 Å².